The number of alkyl carbamates (subject to hydrolysis) is 1. The summed E-state index contributed by atoms with van der Waals surface area (Å²) in [5.74, 6) is -2.53. The molecular formula is C43H58ClN7O8S. The van der Waals surface area contributed by atoms with Gasteiger partial charge < -0.3 is 41.7 Å². The van der Waals surface area contributed by atoms with Gasteiger partial charge in [0.25, 0.3) is 0 Å². The number of hydrogen-bond acceptors (Lipinski definition) is 10. The van der Waals surface area contributed by atoms with Gasteiger partial charge in [-0.25, -0.2) is 9.78 Å². The number of aryl methyl sites for hydroxylation is 2. The quantitative estimate of drug-likeness (QED) is 0.106. The first-order valence-corrected chi connectivity index (χ1v) is 21.2. The number of carbonyl (C=O) groups is 6. The first-order valence-electron chi connectivity index (χ1n) is 20.0. The molecule has 1 saturated heterocycles. The van der Waals surface area contributed by atoms with Gasteiger partial charge in [-0.1, -0.05) is 68.8 Å². The van der Waals surface area contributed by atoms with Crippen LogP contribution in [0.5, 0.6) is 0 Å². The molecule has 3 aromatic rings. The number of benzene rings is 2. The number of nitrogens with one attached hydrogen (secondary N) is 4. The monoisotopic (exact) mass is 867 g/mol. The summed E-state index contributed by atoms with van der Waals surface area (Å²) in [5.41, 5.74) is 9.29. The third-order valence-corrected chi connectivity index (χ3v) is 11.4. The fourth-order valence-electron chi connectivity index (χ4n) is 6.78. The van der Waals surface area contributed by atoms with Crippen LogP contribution in [-0.2, 0) is 35.1 Å². The number of halogens is 1. The SMILES string of the molecule is Cc1ncsc1-c1ccc([C@H](C)NC(=O)[C@@H]2C[C@@H](O)CN2C(=O)[C@@H](NC(=O)CCCc2cccc(NC(=O)[C@H](CCC(N)=O)NC(=O)OC(C)(C)C)c2Cl)C(C)(C)C)cc1. The molecule has 1 fully saturated rings. The highest BCUT2D eigenvalue weighted by Gasteiger charge is 2.44. The number of hydrogen-bond donors (Lipinski definition) is 6. The van der Waals surface area contributed by atoms with E-state index in [1.54, 1.807) is 55.8 Å². The van der Waals surface area contributed by atoms with Crippen molar-refractivity contribution in [2.45, 2.75) is 130 Å². The number of anilines is 1. The van der Waals surface area contributed by atoms with E-state index in [9.17, 15) is 33.9 Å². The summed E-state index contributed by atoms with van der Waals surface area (Å²) in [6, 6.07) is 9.43. The molecular weight excluding hydrogens is 810 g/mol. The van der Waals surface area contributed by atoms with Crippen molar-refractivity contribution >= 4 is 64.3 Å². The molecule has 5 atom stereocenters. The topological polar surface area (TPSA) is 222 Å². The highest BCUT2D eigenvalue weighted by atomic mass is 35.5. The van der Waals surface area contributed by atoms with E-state index >= 15 is 0 Å². The number of aliphatic hydroxyl groups is 1. The van der Waals surface area contributed by atoms with Gasteiger partial charge in [0, 0.05) is 25.8 Å². The Kier molecular flexibility index (Phi) is 16.2. The minimum Gasteiger partial charge on any atom is -0.444 e. The first kappa shape index (κ1) is 47.6. The van der Waals surface area contributed by atoms with Gasteiger partial charge in [0.2, 0.25) is 29.5 Å². The zero-order valence-corrected chi connectivity index (χ0v) is 37.1. The van der Waals surface area contributed by atoms with Crippen LogP contribution in [0.25, 0.3) is 10.4 Å². The van der Waals surface area contributed by atoms with Gasteiger partial charge >= 0.3 is 6.09 Å². The van der Waals surface area contributed by atoms with Gasteiger partial charge in [0.1, 0.15) is 23.7 Å². The van der Waals surface area contributed by atoms with Crippen LogP contribution in [0.3, 0.4) is 0 Å². The van der Waals surface area contributed by atoms with E-state index in [-0.39, 0.29) is 54.9 Å². The Hall–Kier alpha value is -5.06. The molecule has 0 saturated carbocycles. The van der Waals surface area contributed by atoms with E-state index < -0.39 is 65.0 Å². The molecule has 17 heteroatoms. The summed E-state index contributed by atoms with van der Waals surface area (Å²) in [6.45, 7) is 14.2. The van der Waals surface area contributed by atoms with Gasteiger partial charge in [0.05, 0.1) is 38.9 Å². The highest BCUT2D eigenvalue weighted by Crippen LogP contribution is 2.31. The molecule has 60 heavy (non-hydrogen) atoms. The van der Waals surface area contributed by atoms with E-state index in [0.717, 1.165) is 21.7 Å². The Labute approximate surface area is 360 Å². The Balaban J connectivity index is 1.36. The average Bonchev–Trinajstić information content (AvgIpc) is 3.77. The van der Waals surface area contributed by atoms with Crippen LogP contribution in [0.4, 0.5) is 10.5 Å². The molecule has 7 N–H and O–H groups in total. The van der Waals surface area contributed by atoms with Gasteiger partial charge in [-0.2, -0.15) is 0 Å². The lowest BCUT2D eigenvalue weighted by molar-refractivity contribution is -0.144. The van der Waals surface area contributed by atoms with Crippen LogP contribution < -0.4 is 27.0 Å². The van der Waals surface area contributed by atoms with Crippen LogP contribution in [0.15, 0.2) is 48.0 Å². The second kappa shape index (κ2) is 20.5. The maximum Gasteiger partial charge on any atom is 0.408 e. The van der Waals surface area contributed by atoms with Crippen molar-refractivity contribution in [1.82, 2.24) is 25.8 Å². The average molecular weight is 868 g/mol. The molecule has 326 valence electrons. The summed E-state index contributed by atoms with van der Waals surface area (Å²) in [5, 5.41) is 22.0. The van der Waals surface area contributed by atoms with Crippen molar-refractivity contribution in [1.29, 1.82) is 0 Å². The maximum atomic E-state index is 14.1. The van der Waals surface area contributed by atoms with E-state index in [1.165, 1.54) is 4.90 Å². The highest BCUT2D eigenvalue weighted by molar-refractivity contribution is 7.13. The molecule has 6 amide bonds. The summed E-state index contributed by atoms with van der Waals surface area (Å²) in [6.07, 6.45) is -1.20. The Bertz CT molecular complexity index is 2030. The minimum atomic E-state index is -1.14. The van der Waals surface area contributed by atoms with E-state index in [1.807, 2.05) is 58.9 Å². The van der Waals surface area contributed by atoms with Crippen molar-refractivity contribution in [2.24, 2.45) is 11.1 Å². The summed E-state index contributed by atoms with van der Waals surface area (Å²) in [7, 11) is 0. The first-order chi connectivity index (χ1) is 28.0. The second-order valence-corrected chi connectivity index (χ2v) is 18.4. The molecule has 4 rings (SSSR count). The third kappa shape index (κ3) is 13.5. The van der Waals surface area contributed by atoms with Gasteiger partial charge in [-0.15, -0.1) is 11.3 Å². The number of primary amides is 1. The number of β-amino-alcohol motifs (C(OH)–C–C–N with tert-alkyl or cyclic N) is 1. The summed E-state index contributed by atoms with van der Waals surface area (Å²) in [4.78, 5) is 85.1. The molecule has 15 nitrogen and oxygen atoms in total. The summed E-state index contributed by atoms with van der Waals surface area (Å²) < 4.78 is 5.27. The van der Waals surface area contributed by atoms with Crippen LogP contribution in [-0.4, -0.2) is 87.0 Å². The fourth-order valence-corrected chi connectivity index (χ4v) is 7.86. The smallest absolute Gasteiger partial charge is 0.408 e. The van der Waals surface area contributed by atoms with E-state index in [4.69, 9.17) is 22.1 Å². The lowest BCUT2D eigenvalue weighted by Crippen LogP contribution is -2.57. The van der Waals surface area contributed by atoms with Gasteiger partial charge in [-0.05, 0) is 82.1 Å². The Morgan fingerprint density at radius 2 is 1.68 bits per heavy atom. The van der Waals surface area contributed by atoms with Crippen molar-refractivity contribution in [3.05, 3.63) is 69.8 Å². The van der Waals surface area contributed by atoms with E-state index in [0.29, 0.717) is 18.4 Å². The number of aromatic nitrogens is 1. The molecule has 1 aliphatic heterocycles. The van der Waals surface area contributed by atoms with Gasteiger partial charge in [-0.3, -0.25) is 24.0 Å². The predicted octanol–water partition coefficient (Wildman–Crippen LogP) is 5.56. The number of carbonyl (C=O) groups excluding carboxylic acids is 6. The molecule has 2 heterocycles. The van der Waals surface area contributed by atoms with Crippen molar-refractivity contribution in [3.8, 4) is 10.4 Å². The van der Waals surface area contributed by atoms with Gasteiger partial charge in [0.15, 0.2) is 0 Å². The zero-order chi connectivity index (χ0) is 44.5. The Morgan fingerprint density at radius 1 is 1.00 bits per heavy atom. The lowest BCUT2D eigenvalue weighted by atomic mass is 9.85. The van der Waals surface area contributed by atoms with Crippen LogP contribution in [0.2, 0.25) is 5.02 Å². The number of aliphatic hydroxyl groups excluding tert-OH is 1. The van der Waals surface area contributed by atoms with E-state index in [2.05, 4.69) is 26.3 Å². The molecule has 0 aliphatic carbocycles. The van der Waals surface area contributed by atoms with Crippen LogP contribution in [0.1, 0.15) is 103 Å². The molecule has 0 bridgehead atoms. The number of likely N-dealkylation sites (tertiary alicyclic amines) is 1. The largest absolute Gasteiger partial charge is 0.444 e. The molecule has 0 unspecified atom stereocenters. The number of ether oxygens (including phenoxy) is 1. The Morgan fingerprint density at radius 3 is 2.28 bits per heavy atom. The minimum absolute atomic E-state index is 0.0349. The normalized spacial score (nSPS) is 16.9. The third-order valence-electron chi connectivity index (χ3n) is 9.93. The predicted molar refractivity (Wildman–Crippen MR) is 231 cm³/mol. The van der Waals surface area contributed by atoms with Crippen molar-refractivity contribution in [3.63, 3.8) is 0 Å². The standard InChI is InChI=1S/C43H58ClN7O8S/c1-24(26-15-17-28(18-16-26)36-25(2)46-23-60-36)47-39(56)32-21-29(52)22-51(32)40(57)37(42(3,4)5)50-34(54)14-10-12-27-11-9-13-30(35(27)44)48-38(55)31(19-20-33(45)53)49-41(58)59-43(6,7)8/h9,11,13,15-18,23-24,29,31-32,37,52H,10,12,14,19-22H2,1-8H3,(H2,45,53)(H,47,56)(H,48,55)(H,49,58)(H,50,54)/t24-,29+,31-,32-,37+/m0/s1. The number of nitrogens with two attached hydrogens (primary N) is 1. The second-order valence-electron chi connectivity index (χ2n) is 17.2. The molecule has 2 aromatic carbocycles. The van der Waals surface area contributed by atoms with Crippen molar-refractivity contribution < 1.29 is 38.6 Å². The molecule has 0 radical (unpaired) electrons. The van der Waals surface area contributed by atoms with Crippen molar-refractivity contribution in [2.75, 3.05) is 11.9 Å². The number of nitrogens with zero attached hydrogens (tertiary/aromatic N) is 2. The number of thiazole rings is 1. The molecule has 1 aromatic heterocycles. The molecule has 1 aliphatic rings. The maximum absolute atomic E-state index is 14.1. The van der Waals surface area contributed by atoms with Crippen LogP contribution >= 0.6 is 22.9 Å². The van der Waals surface area contributed by atoms with Crippen LogP contribution in [0, 0.1) is 12.3 Å². The summed E-state index contributed by atoms with van der Waals surface area (Å²) >= 11 is 8.25. The molecule has 0 spiro atoms. The number of amides is 6. The zero-order valence-electron chi connectivity index (χ0n) is 35.5. The number of rotatable bonds is 16. The lowest BCUT2D eigenvalue weighted by Gasteiger charge is -2.35. The fraction of sp³-hybridized carbons (Fsp3) is 0.512.